The number of hydrogen-bond donors (Lipinski definition) is 0. The Morgan fingerprint density at radius 2 is 1.64 bits per heavy atom. The molecule has 4 rings (SSSR count). The summed E-state index contributed by atoms with van der Waals surface area (Å²) in [6.45, 7) is 5.82. The van der Waals surface area contributed by atoms with Crippen LogP contribution in [0.3, 0.4) is 0 Å². The highest BCUT2D eigenvalue weighted by Gasteiger charge is 2.39. The Bertz CT molecular complexity index is 979. The van der Waals surface area contributed by atoms with Crippen molar-refractivity contribution in [2.75, 3.05) is 4.90 Å². The number of fused-ring (bicyclic) bond motifs is 1. The normalized spacial score (nSPS) is 19.0. The fourth-order valence-electron chi connectivity index (χ4n) is 3.76. The molecule has 6 heteroatoms. The topological polar surface area (TPSA) is 51.0 Å². The Hall–Kier alpha value is -3.02. The lowest BCUT2D eigenvalue weighted by Gasteiger charge is -2.40. The minimum absolute atomic E-state index is 0.0115. The van der Waals surface area contributed by atoms with Gasteiger partial charge in [-0.15, -0.1) is 0 Å². The molecule has 28 heavy (non-hydrogen) atoms. The third kappa shape index (κ3) is 3.19. The number of halogens is 1. The number of carbonyl (C=O) groups is 1. The largest absolute Gasteiger partial charge is 0.274 e. The molecule has 0 fully saturated rings. The van der Waals surface area contributed by atoms with Crippen LogP contribution >= 0.6 is 0 Å². The lowest BCUT2D eigenvalue weighted by atomic mass is 9.91. The van der Waals surface area contributed by atoms with Crippen molar-refractivity contribution in [3.05, 3.63) is 77.4 Å². The Labute approximate surface area is 163 Å². The first kappa shape index (κ1) is 18.3. The zero-order valence-corrected chi connectivity index (χ0v) is 16.2. The monoisotopic (exact) mass is 378 g/mol. The van der Waals surface area contributed by atoms with E-state index in [1.807, 2.05) is 20.8 Å². The van der Waals surface area contributed by atoms with Crippen molar-refractivity contribution in [3.8, 4) is 0 Å². The van der Waals surface area contributed by atoms with Crippen molar-refractivity contribution in [1.29, 1.82) is 0 Å². The molecule has 0 saturated carbocycles. The number of hydrogen-bond acceptors (Lipinski definition) is 3. The Morgan fingerprint density at radius 1 is 1.04 bits per heavy atom. The van der Waals surface area contributed by atoms with Crippen LogP contribution in [-0.4, -0.2) is 20.7 Å². The maximum Gasteiger partial charge on any atom is 0.232 e. The number of anilines is 1. The van der Waals surface area contributed by atoms with Crippen molar-refractivity contribution in [3.63, 3.8) is 0 Å². The van der Waals surface area contributed by atoms with E-state index in [0.717, 1.165) is 11.1 Å². The average Bonchev–Trinajstić information content (AvgIpc) is 3.17. The second kappa shape index (κ2) is 7.19. The zero-order valence-electron chi connectivity index (χ0n) is 16.2. The molecule has 1 aliphatic rings. The van der Waals surface area contributed by atoms with Gasteiger partial charge in [0.25, 0.3) is 0 Å². The highest BCUT2D eigenvalue weighted by molar-refractivity contribution is 5.94. The molecule has 2 heterocycles. The summed E-state index contributed by atoms with van der Waals surface area (Å²) in [5.74, 6) is 0.104. The molecule has 0 N–H and O–H groups in total. The van der Waals surface area contributed by atoms with E-state index in [0.29, 0.717) is 12.4 Å². The third-order valence-electron chi connectivity index (χ3n) is 5.27. The average molecular weight is 378 g/mol. The van der Waals surface area contributed by atoms with Gasteiger partial charge < -0.3 is 0 Å². The van der Waals surface area contributed by atoms with Gasteiger partial charge in [0.15, 0.2) is 0 Å². The van der Waals surface area contributed by atoms with Gasteiger partial charge in [0.2, 0.25) is 11.9 Å². The van der Waals surface area contributed by atoms with Crippen molar-refractivity contribution < 1.29 is 9.18 Å². The fraction of sp³-hybridized carbons (Fsp3) is 0.318. The minimum Gasteiger partial charge on any atom is -0.274 e. The van der Waals surface area contributed by atoms with Gasteiger partial charge in [0.1, 0.15) is 12.1 Å². The molecular formula is C22H23FN4O. The van der Waals surface area contributed by atoms with Crippen molar-refractivity contribution >= 4 is 11.9 Å². The van der Waals surface area contributed by atoms with Gasteiger partial charge in [-0.3, -0.25) is 9.69 Å². The van der Waals surface area contributed by atoms with E-state index in [-0.39, 0.29) is 29.7 Å². The Kier molecular flexibility index (Phi) is 4.71. The molecule has 5 nitrogen and oxygen atoms in total. The van der Waals surface area contributed by atoms with E-state index in [2.05, 4.69) is 34.3 Å². The first-order valence-electron chi connectivity index (χ1n) is 9.50. The summed E-state index contributed by atoms with van der Waals surface area (Å²) in [5.41, 5.74) is 3.17. The van der Waals surface area contributed by atoms with Crippen LogP contribution in [0.5, 0.6) is 0 Å². The van der Waals surface area contributed by atoms with E-state index in [1.54, 1.807) is 21.7 Å². The summed E-state index contributed by atoms with van der Waals surface area (Å²) in [6.07, 6.45) is 2.12. The molecule has 0 unspecified atom stereocenters. The maximum absolute atomic E-state index is 13.4. The van der Waals surface area contributed by atoms with Gasteiger partial charge in [-0.2, -0.15) is 10.1 Å². The summed E-state index contributed by atoms with van der Waals surface area (Å²) >= 11 is 0. The number of amides is 1. The number of nitrogens with zero attached hydrogens (tertiary/aromatic N) is 4. The second-order valence-corrected chi connectivity index (χ2v) is 7.60. The smallest absolute Gasteiger partial charge is 0.232 e. The van der Waals surface area contributed by atoms with Crippen LogP contribution in [0.15, 0.2) is 54.9 Å². The lowest BCUT2D eigenvalue weighted by Crippen LogP contribution is -2.44. The Morgan fingerprint density at radius 3 is 2.29 bits per heavy atom. The summed E-state index contributed by atoms with van der Waals surface area (Å²) < 4.78 is 15.2. The summed E-state index contributed by atoms with van der Waals surface area (Å²) in [6, 6.07) is 14.4. The first-order valence-corrected chi connectivity index (χ1v) is 9.50. The van der Waals surface area contributed by atoms with Gasteiger partial charge in [-0.1, -0.05) is 55.8 Å². The molecule has 0 aliphatic carbocycles. The highest BCUT2D eigenvalue weighted by atomic mass is 19.1. The molecule has 3 aromatic rings. The predicted octanol–water partition coefficient (Wildman–Crippen LogP) is 4.45. The number of rotatable bonds is 3. The molecule has 2 aromatic carbocycles. The molecule has 2 atom stereocenters. The van der Waals surface area contributed by atoms with Crippen LogP contribution in [0.2, 0.25) is 0 Å². The third-order valence-corrected chi connectivity index (χ3v) is 5.27. The maximum atomic E-state index is 13.4. The molecule has 0 saturated heterocycles. The first-order chi connectivity index (χ1) is 13.5. The number of benzene rings is 2. The number of aryl methyl sites for hydroxylation is 1. The zero-order chi connectivity index (χ0) is 19.8. The summed E-state index contributed by atoms with van der Waals surface area (Å²) in [4.78, 5) is 19.3. The standard InChI is InChI=1S/C22H23FN4O/c1-14(2)21(28)26-19(16-6-4-15(3)5-7-16)12-20(27-22(26)24-13-25-27)17-8-10-18(23)11-9-17/h4-11,13-14,19-20H,12H2,1-3H3/t19-,20+/m1/s1. The fourth-order valence-corrected chi connectivity index (χ4v) is 3.76. The molecule has 1 aromatic heterocycles. The van der Waals surface area contributed by atoms with E-state index in [9.17, 15) is 9.18 Å². The minimum atomic E-state index is -0.273. The van der Waals surface area contributed by atoms with Gasteiger partial charge in [0.05, 0.1) is 12.1 Å². The van der Waals surface area contributed by atoms with Gasteiger partial charge in [-0.25, -0.2) is 9.07 Å². The molecule has 0 bridgehead atoms. The predicted molar refractivity (Wildman–Crippen MR) is 105 cm³/mol. The van der Waals surface area contributed by atoms with Crippen LogP contribution in [-0.2, 0) is 4.79 Å². The van der Waals surface area contributed by atoms with Gasteiger partial charge >= 0.3 is 0 Å². The lowest BCUT2D eigenvalue weighted by molar-refractivity contribution is -0.122. The van der Waals surface area contributed by atoms with Crippen molar-refractivity contribution in [1.82, 2.24) is 14.8 Å². The van der Waals surface area contributed by atoms with E-state index in [4.69, 9.17) is 0 Å². The van der Waals surface area contributed by atoms with Crippen LogP contribution < -0.4 is 4.90 Å². The highest BCUT2D eigenvalue weighted by Crippen LogP contribution is 2.42. The van der Waals surface area contributed by atoms with Crippen molar-refractivity contribution in [2.24, 2.45) is 5.92 Å². The summed E-state index contributed by atoms with van der Waals surface area (Å²) in [5, 5.41) is 4.39. The van der Waals surface area contributed by atoms with Crippen LogP contribution in [0.25, 0.3) is 0 Å². The summed E-state index contributed by atoms with van der Waals surface area (Å²) in [7, 11) is 0. The van der Waals surface area contributed by atoms with E-state index >= 15 is 0 Å². The van der Waals surface area contributed by atoms with Gasteiger partial charge in [0, 0.05) is 5.92 Å². The Balaban J connectivity index is 1.84. The van der Waals surface area contributed by atoms with Gasteiger partial charge in [-0.05, 0) is 36.6 Å². The molecule has 1 aliphatic heterocycles. The molecule has 144 valence electrons. The van der Waals surface area contributed by atoms with Crippen LogP contribution in [0.1, 0.15) is 49.0 Å². The molecule has 0 radical (unpaired) electrons. The molecule has 0 spiro atoms. The van der Waals surface area contributed by atoms with E-state index in [1.165, 1.54) is 24.0 Å². The van der Waals surface area contributed by atoms with Crippen LogP contribution in [0.4, 0.5) is 10.3 Å². The molecule has 1 amide bonds. The van der Waals surface area contributed by atoms with Crippen molar-refractivity contribution in [2.45, 2.75) is 39.3 Å². The van der Waals surface area contributed by atoms with E-state index < -0.39 is 0 Å². The SMILES string of the molecule is Cc1ccc([C@H]2C[C@@H](c3ccc(F)cc3)n3ncnc3N2C(=O)C(C)C)cc1. The van der Waals surface area contributed by atoms with Crippen LogP contribution in [0, 0.1) is 18.7 Å². The number of aromatic nitrogens is 3. The number of carbonyl (C=O) groups excluding carboxylic acids is 1. The quantitative estimate of drug-likeness (QED) is 0.677. The second-order valence-electron chi connectivity index (χ2n) is 7.60. The molecular weight excluding hydrogens is 355 g/mol.